The molecule has 0 aliphatic heterocycles. The number of ketones is 4. The topological polar surface area (TPSA) is 303 Å². The predicted molar refractivity (Wildman–Crippen MR) is 408 cm³/mol. The fourth-order valence-corrected chi connectivity index (χ4v) is 11.6. The number of hydrogen-bond acceptors (Lipinski definition) is 18. The van der Waals surface area contributed by atoms with Gasteiger partial charge < -0.3 is 10.2 Å². The van der Waals surface area contributed by atoms with Gasteiger partial charge in [-0.05, 0) is 47.2 Å². The Morgan fingerprint density at radius 2 is 0.468 bits per heavy atom. The number of hydrogen-bond donors (Lipinski definition) is 0. The van der Waals surface area contributed by atoms with E-state index < -0.39 is 34.3 Å². The Labute approximate surface area is 631 Å². The zero-order chi connectivity index (χ0) is 75.2. The molecule has 0 unspecified atom stereocenters. The molecule has 0 amide bonds. The molecule has 23 heteroatoms. The van der Waals surface area contributed by atoms with Gasteiger partial charge in [-0.25, -0.2) is 19.2 Å². The van der Waals surface area contributed by atoms with Gasteiger partial charge in [0.25, 0.3) is 0 Å². The molecule has 109 heavy (non-hydrogen) atoms. The normalized spacial score (nSPS) is 11.2. The molecular weight excluding hydrogens is 1420 g/mol. The summed E-state index contributed by atoms with van der Waals surface area (Å²) in [6.45, 7) is 3.51. The van der Waals surface area contributed by atoms with Crippen molar-refractivity contribution in [3.8, 4) is 56.5 Å². The first kappa shape index (κ1) is 73.9. The van der Waals surface area contributed by atoms with Crippen LogP contribution in [0, 0.1) is 13.8 Å². The van der Waals surface area contributed by atoms with Crippen LogP contribution in [0.1, 0.15) is 97.1 Å². The molecule has 1 radical (unpaired) electrons. The van der Waals surface area contributed by atoms with Crippen molar-refractivity contribution in [2.45, 2.75) is 13.8 Å². The molecule has 0 bridgehead atoms. The van der Waals surface area contributed by atoms with Crippen molar-refractivity contribution in [2.75, 3.05) is 0 Å². The zero-order valence-electron chi connectivity index (χ0n) is 57.8. The number of carbonyl (C=O) groups excluding carboxylic acids is 4. The standard InChI is InChI=1S/2C43H30N6O5.Co/c2*1-28-22-33(24-44-48-26-35(40(51)31-18-10-4-11-19-31)37(46-42(48)53)29-14-6-2-7-15-29)39(50)34(23-28)25-45-49-27-36(41(52)32-20-12-5-13-21-32)38(47-43(49)54)30-16-8-3-9-17-30;/h2*2-27,50H,1H3;/q;;+2/p-2/b2*44-24+,45-25+;. The molecule has 0 saturated carbocycles. The van der Waals surface area contributed by atoms with E-state index in [0.717, 1.165) is 18.7 Å². The Kier molecular flexibility index (Phi) is 22.9. The Morgan fingerprint density at radius 1 is 0.294 bits per heavy atom. The van der Waals surface area contributed by atoms with Gasteiger partial charge >= 0.3 is 39.5 Å². The Balaban J connectivity index is 0.000000201. The van der Waals surface area contributed by atoms with Crippen LogP contribution in [0.25, 0.3) is 45.0 Å². The molecule has 14 rings (SSSR count). The molecule has 14 aromatic rings. The number of aromatic nitrogens is 8. The van der Waals surface area contributed by atoms with E-state index in [2.05, 4.69) is 40.3 Å². The molecule has 4 heterocycles. The van der Waals surface area contributed by atoms with Gasteiger partial charge in [0.1, 0.15) is 0 Å². The monoisotopic (exact) mass is 1480 g/mol. The number of nitrogens with zero attached hydrogens (tertiary/aromatic N) is 12. The van der Waals surface area contributed by atoms with Gasteiger partial charge in [0.15, 0.2) is 23.1 Å². The summed E-state index contributed by atoms with van der Waals surface area (Å²) in [5.74, 6) is -2.45. The molecular formula is C86H58CoN12O10. The summed E-state index contributed by atoms with van der Waals surface area (Å²) in [5.41, 5.74) is 4.01. The van der Waals surface area contributed by atoms with E-state index >= 15 is 0 Å². The fraction of sp³-hybridized carbons (Fsp3) is 0.0233. The van der Waals surface area contributed by atoms with Crippen molar-refractivity contribution in [1.29, 1.82) is 0 Å². The first-order valence-corrected chi connectivity index (χ1v) is 33.5. The van der Waals surface area contributed by atoms with E-state index in [0.29, 0.717) is 55.6 Å². The van der Waals surface area contributed by atoms with E-state index in [1.807, 2.05) is 24.3 Å². The van der Waals surface area contributed by atoms with E-state index in [1.165, 1.54) is 49.6 Å². The summed E-state index contributed by atoms with van der Waals surface area (Å²) < 4.78 is 3.62. The maximum atomic E-state index is 13.6. The maximum Gasteiger partial charge on any atom is 2.00 e. The summed E-state index contributed by atoms with van der Waals surface area (Å²) in [4.78, 5) is 124. The number of rotatable bonds is 20. The molecule has 22 nitrogen and oxygen atoms in total. The van der Waals surface area contributed by atoms with E-state index in [1.54, 1.807) is 257 Å². The maximum absolute atomic E-state index is 13.6. The zero-order valence-corrected chi connectivity index (χ0v) is 58.8. The molecule has 0 N–H and O–H groups in total. The summed E-state index contributed by atoms with van der Waals surface area (Å²) >= 11 is 0. The minimum atomic E-state index is -0.761. The number of benzene rings is 10. The summed E-state index contributed by atoms with van der Waals surface area (Å²) in [6, 6.07) is 76.2. The molecule has 531 valence electrons. The molecule has 0 aliphatic carbocycles. The minimum absolute atomic E-state index is 0. The van der Waals surface area contributed by atoms with Gasteiger partial charge in [-0.1, -0.05) is 278 Å². The van der Waals surface area contributed by atoms with Crippen LogP contribution in [0.2, 0.25) is 0 Å². The quantitative estimate of drug-likeness (QED) is 0.0506. The van der Waals surface area contributed by atoms with Crippen LogP contribution in [0.5, 0.6) is 11.5 Å². The first-order chi connectivity index (χ1) is 52.5. The number of aryl methyl sites for hydroxylation is 2. The summed E-state index contributed by atoms with van der Waals surface area (Å²) in [5, 5.41) is 44.2. The fourth-order valence-electron chi connectivity index (χ4n) is 11.6. The van der Waals surface area contributed by atoms with Gasteiger partial charge in [-0.3, -0.25) is 19.2 Å². The van der Waals surface area contributed by atoms with Crippen LogP contribution in [-0.4, -0.2) is 86.6 Å². The summed E-state index contributed by atoms with van der Waals surface area (Å²) in [6.07, 6.45) is 10.0. The molecule has 0 aliphatic rings. The van der Waals surface area contributed by atoms with Crippen LogP contribution in [-0.2, 0) is 16.8 Å². The first-order valence-electron chi connectivity index (χ1n) is 33.5. The minimum Gasteiger partial charge on any atom is -0.872 e. The summed E-state index contributed by atoms with van der Waals surface area (Å²) in [7, 11) is 0. The Hall–Kier alpha value is -14.8. The van der Waals surface area contributed by atoms with Crippen LogP contribution < -0.4 is 33.0 Å². The average molecular weight is 1480 g/mol. The van der Waals surface area contributed by atoms with Crippen molar-refractivity contribution >= 4 is 48.0 Å². The Bertz CT molecular complexity index is 5400. The van der Waals surface area contributed by atoms with Crippen LogP contribution in [0.15, 0.2) is 331 Å². The van der Waals surface area contributed by atoms with Gasteiger partial charge in [0, 0.05) is 69.3 Å². The second-order valence-corrected chi connectivity index (χ2v) is 24.3. The van der Waals surface area contributed by atoms with Crippen molar-refractivity contribution in [3.63, 3.8) is 0 Å². The van der Waals surface area contributed by atoms with Crippen molar-refractivity contribution < 1.29 is 46.2 Å². The van der Waals surface area contributed by atoms with Crippen LogP contribution in [0.4, 0.5) is 0 Å². The third-order valence-electron chi connectivity index (χ3n) is 16.8. The molecule has 0 spiro atoms. The SMILES string of the molecule is Cc1cc(/C=N/n2cc(C(=O)c3ccccc3)c(-c3ccccc3)nc2=O)c([O-])c(/C=N/n2cc(C(=O)c3ccccc3)c(-c3ccccc3)nc2=O)c1.Cc1cc(/C=N/n2cc(C(=O)c3ccccc3)c(-c3ccccc3)nc2=O)c([O-])c(/C=N/n2cc(C(=O)c3ccccc3)c(-c3ccccc3)nc2=O)c1.[Co+2]. The van der Waals surface area contributed by atoms with Gasteiger partial charge in [-0.15, -0.1) is 0 Å². The third-order valence-corrected chi connectivity index (χ3v) is 16.8. The molecule has 4 aromatic heterocycles. The predicted octanol–water partition coefficient (Wildman–Crippen LogP) is 11.5. The Morgan fingerprint density at radius 3 is 0.651 bits per heavy atom. The van der Waals surface area contributed by atoms with Gasteiger partial charge in [0.05, 0.1) is 69.9 Å². The van der Waals surface area contributed by atoms with Crippen LogP contribution in [0.3, 0.4) is 0 Å². The van der Waals surface area contributed by atoms with E-state index in [9.17, 15) is 48.6 Å². The number of carbonyl (C=O) groups is 4. The van der Waals surface area contributed by atoms with Crippen molar-refractivity contribution in [2.24, 2.45) is 20.4 Å². The second kappa shape index (κ2) is 33.7. The van der Waals surface area contributed by atoms with Crippen molar-refractivity contribution in [3.05, 3.63) is 412 Å². The molecule has 0 saturated heterocycles. The van der Waals surface area contributed by atoms with E-state index in [-0.39, 0.29) is 107 Å². The van der Waals surface area contributed by atoms with Crippen molar-refractivity contribution in [1.82, 2.24) is 38.6 Å². The van der Waals surface area contributed by atoms with E-state index in [4.69, 9.17) is 0 Å². The smallest absolute Gasteiger partial charge is 0.872 e. The molecule has 0 fully saturated rings. The largest absolute Gasteiger partial charge is 2.00 e. The van der Waals surface area contributed by atoms with Gasteiger partial charge in [-0.2, -0.15) is 59.0 Å². The molecule has 0 atom stereocenters. The average Bonchev–Trinajstić information content (AvgIpc) is 0.803. The van der Waals surface area contributed by atoms with Gasteiger partial charge in [0.2, 0.25) is 0 Å². The van der Waals surface area contributed by atoms with Crippen LogP contribution >= 0.6 is 0 Å². The molecule has 10 aromatic carbocycles. The second-order valence-electron chi connectivity index (χ2n) is 24.3. The third kappa shape index (κ3) is 17.0.